The van der Waals surface area contributed by atoms with Gasteiger partial charge < -0.3 is 10.6 Å². The Morgan fingerprint density at radius 2 is 2.09 bits per heavy atom. The number of carbonyl (C=O) groups is 1. The average Bonchev–Trinajstić information content (AvgIpc) is 2.52. The van der Waals surface area contributed by atoms with Gasteiger partial charge in [0.05, 0.1) is 11.3 Å². The van der Waals surface area contributed by atoms with Crippen molar-refractivity contribution in [3.8, 4) is 6.07 Å². The smallest absolute Gasteiger partial charge is 0.270 e. The van der Waals surface area contributed by atoms with Crippen molar-refractivity contribution in [2.45, 2.75) is 20.3 Å². The number of para-hydroxylation sites is 1. The van der Waals surface area contributed by atoms with Gasteiger partial charge in [-0.05, 0) is 25.5 Å². The molecule has 1 aromatic carbocycles. The summed E-state index contributed by atoms with van der Waals surface area (Å²) in [6.07, 6.45) is 0.858. The molecule has 6 nitrogen and oxygen atoms in total. The van der Waals surface area contributed by atoms with Crippen LogP contribution in [0, 0.1) is 18.3 Å². The van der Waals surface area contributed by atoms with Crippen LogP contribution in [-0.2, 0) is 0 Å². The van der Waals surface area contributed by atoms with Gasteiger partial charge in [-0.25, -0.2) is 9.97 Å². The van der Waals surface area contributed by atoms with Gasteiger partial charge in [-0.1, -0.05) is 19.1 Å². The summed E-state index contributed by atoms with van der Waals surface area (Å²) in [5.74, 6) is 0.738. The second-order valence-corrected chi connectivity index (χ2v) is 4.72. The first-order valence-corrected chi connectivity index (χ1v) is 7.04. The highest BCUT2D eigenvalue weighted by Gasteiger charge is 2.11. The first-order valence-electron chi connectivity index (χ1n) is 7.04. The van der Waals surface area contributed by atoms with Crippen LogP contribution >= 0.6 is 0 Å². The van der Waals surface area contributed by atoms with Gasteiger partial charge >= 0.3 is 0 Å². The molecule has 0 atom stereocenters. The minimum atomic E-state index is -0.232. The predicted octanol–water partition coefficient (Wildman–Crippen LogP) is 2.54. The summed E-state index contributed by atoms with van der Waals surface area (Å²) in [6, 6.07) is 10.8. The van der Waals surface area contributed by atoms with Crippen molar-refractivity contribution in [3.05, 3.63) is 47.4 Å². The molecular weight excluding hydrogens is 278 g/mol. The van der Waals surface area contributed by atoms with E-state index >= 15 is 0 Å². The zero-order chi connectivity index (χ0) is 15.9. The van der Waals surface area contributed by atoms with E-state index in [1.807, 2.05) is 13.0 Å². The van der Waals surface area contributed by atoms with E-state index in [1.54, 1.807) is 31.2 Å². The lowest BCUT2D eigenvalue weighted by atomic mass is 10.2. The maximum absolute atomic E-state index is 12.0. The zero-order valence-electron chi connectivity index (χ0n) is 12.6. The maximum atomic E-state index is 12.0. The van der Waals surface area contributed by atoms with Crippen molar-refractivity contribution in [1.29, 1.82) is 5.26 Å². The number of nitrogens with one attached hydrogen (secondary N) is 2. The summed E-state index contributed by atoms with van der Waals surface area (Å²) in [5.41, 5.74) is 1.46. The molecule has 0 aliphatic rings. The Morgan fingerprint density at radius 3 is 2.82 bits per heavy atom. The van der Waals surface area contributed by atoms with Gasteiger partial charge in [0.15, 0.2) is 0 Å². The number of rotatable bonds is 5. The van der Waals surface area contributed by atoms with Crippen LogP contribution in [0.4, 0.5) is 11.5 Å². The fourth-order valence-corrected chi connectivity index (χ4v) is 1.90. The molecule has 1 aromatic heterocycles. The van der Waals surface area contributed by atoms with Crippen molar-refractivity contribution < 1.29 is 4.79 Å². The monoisotopic (exact) mass is 295 g/mol. The molecular formula is C16H17N5O. The summed E-state index contributed by atoms with van der Waals surface area (Å²) in [5, 5.41) is 14.9. The lowest BCUT2D eigenvalue weighted by Gasteiger charge is -2.10. The van der Waals surface area contributed by atoms with Crippen LogP contribution < -0.4 is 10.6 Å². The molecule has 0 aliphatic heterocycles. The van der Waals surface area contributed by atoms with Gasteiger partial charge in [0.25, 0.3) is 5.91 Å². The summed E-state index contributed by atoms with van der Waals surface area (Å²) < 4.78 is 0. The molecule has 6 heteroatoms. The van der Waals surface area contributed by atoms with Crippen LogP contribution in [-0.4, -0.2) is 22.4 Å². The quantitative estimate of drug-likeness (QED) is 0.884. The van der Waals surface area contributed by atoms with Crippen molar-refractivity contribution in [1.82, 2.24) is 15.3 Å². The molecule has 0 aliphatic carbocycles. The van der Waals surface area contributed by atoms with E-state index in [-0.39, 0.29) is 5.91 Å². The highest BCUT2D eigenvalue weighted by atomic mass is 16.1. The van der Waals surface area contributed by atoms with Gasteiger partial charge in [-0.2, -0.15) is 5.26 Å². The number of amides is 1. The van der Waals surface area contributed by atoms with Gasteiger partial charge in [0, 0.05) is 12.6 Å². The molecule has 0 radical (unpaired) electrons. The third-order valence-electron chi connectivity index (χ3n) is 2.92. The van der Waals surface area contributed by atoms with E-state index in [0.29, 0.717) is 35.1 Å². The van der Waals surface area contributed by atoms with Crippen LogP contribution in [0.25, 0.3) is 0 Å². The molecule has 0 saturated heterocycles. The number of hydrogen-bond donors (Lipinski definition) is 2. The Hall–Kier alpha value is -2.94. The fourth-order valence-electron chi connectivity index (χ4n) is 1.90. The number of anilines is 2. The van der Waals surface area contributed by atoms with E-state index < -0.39 is 0 Å². The molecule has 2 rings (SSSR count). The first kappa shape index (κ1) is 15.4. The second-order valence-electron chi connectivity index (χ2n) is 4.72. The summed E-state index contributed by atoms with van der Waals surface area (Å²) >= 11 is 0. The SMILES string of the molecule is CCCNC(=O)c1cc(Nc2ccccc2C#N)nc(C)n1. The second kappa shape index (κ2) is 7.18. The van der Waals surface area contributed by atoms with Crippen LogP contribution in [0.1, 0.15) is 35.2 Å². The number of nitrogens with zero attached hydrogens (tertiary/aromatic N) is 3. The van der Waals surface area contributed by atoms with Crippen LogP contribution in [0.15, 0.2) is 30.3 Å². The third kappa shape index (κ3) is 3.79. The molecule has 112 valence electrons. The molecule has 1 heterocycles. The molecule has 0 fully saturated rings. The fraction of sp³-hybridized carbons (Fsp3) is 0.250. The van der Waals surface area contributed by atoms with Crippen molar-refractivity contribution in [3.63, 3.8) is 0 Å². The van der Waals surface area contributed by atoms with Gasteiger partial charge in [-0.15, -0.1) is 0 Å². The van der Waals surface area contributed by atoms with E-state index in [2.05, 4.69) is 26.7 Å². The predicted molar refractivity (Wildman–Crippen MR) is 83.8 cm³/mol. The number of aryl methyl sites for hydroxylation is 1. The Balaban J connectivity index is 2.27. The zero-order valence-corrected chi connectivity index (χ0v) is 12.6. The molecule has 2 N–H and O–H groups in total. The number of nitriles is 1. The first-order chi connectivity index (χ1) is 10.6. The van der Waals surface area contributed by atoms with E-state index in [1.165, 1.54) is 0 Å². The largest absolute Gasteiger partial charge is 0.351 e. The van der Waals surface area contributed by atoms with Crippen molar-refractivity contribution in [2.75, 3.05) is 11.9 Å². The Labute approximate surface area is 129 Å². The minimum absolute atomic E-state index is 0.232. The molecule has 1 amide bonds. The highest BCUT2D eigenvalue weighted by Crippen LogP contribution is 2.19. The molecule has 22 heavy (non-hydrogen) atoms. The number of aromatic nitrogens is 2. The molecule has 0 spiro atoms. The Morgan fingerprint density at radius 1 is 1.32 bits per heavy atom. The lowest BCUT2D eigenvalue weighted by molar-refractivity contribution is 0.0948. The Bertz CT molecular complexity index is 721. The third-order valence-corrected chi connectivity index (χ3v) is 2.92. The summed E-state index contributed by atoms with van der Waals surface area (Å²) in [7, 11) is 0. The van der Waals surface area contributed by atoms with Crippen molar-refractivity contribution in [2.24, 2.45) is 0 Å². The minimum Gasteiger partial charge on any atom is -0.351 e. The maximum Gasteiger partial charge on any atom is 0.270 e. The number of benzene rings is 1. The van der Waals surface area contributed by atoms with E-state index in [0.717, 1.165) is 6.42 Å². The van der Waals surface area contributed by atoms with E-state index in [9.17, 15) is 4.79 Å². The number of hydrogen-bond acceptors (Lipinski definition) is 5. The molecule has 0 bridgehead atoms. The number of carbonyl (C=O) groups excluding carboxylic acids is 1. The van der Waals surface area contributed by atoms with Crippen LogP contribution in [0.2, 0.25) is 0 Å². The van der Waals surface area contributed by atoms with Crippen LogP contribution in [0.3, 0.4) is 0 Å². The van der Waals surface area contributed by atoms with Gasteiger partial charge in [0.1, 0.15) is 23.4 Å². The summed E-state index contributed by atoms with van der Waals surface area (Å²) in [6.45, 7) is 4.30. The normalized spacial score (nSPS) is 9.86. The van der Waals surface area contributed by atoms with Gasteiger partial charge in [-0.3, -0.25) is 4.79 Å². The molecule has 2 aromatic rings. The standard InChI is InChI=1S/C16H17N5O/c1-3-8-18-16(22)14-9-15(20-11(2)19-14)21-13-7-5-4-6-12(13)10-17/h4-7,9H,3,8H2,1-2H3,(H,18,22)(H,19,20,21). The Kier molecular flexibility index (Phi) is 5.04. The molecule has 0 saturated carbocycles. The molecule has 0 unspecified atom stereocenters. The summed E-state index contributed by atoms with van der Waals surface area (Å²) in [4.78, 5) is 20.4. The van der Waals surface area contributed by atoms with Crippen LogP contribution in [0.5, 0.6) is 0 Å². The topological polar surface area (TPSA) is 90.7 Å². The average molecular weight is 295 g/mol. The lowest BCUT2D eigenvalue weighted by Crippen LogP contribution is -2.25. The highest BCUT2D eigenvalue weighted by molar-refractivity contribution is 5.93. The van der Waals surface area contributed by atoms with E-state index in [4.69, 9.17) is 5.26 Å². The van der Waals surface area contributed by atoms with Crippen molar-refractivity contribution >= 4 is 17.4 Å². The van der Waals surface area contributed by atoms with Gasteiger partial charge in [0.2, 0.25) is 0 Å².